The molecule has 15 heavy (non-hydrogen) atoms. The van der Waals surface area contributed by atoms with Gasteiger partial charge in [-0.2, -0.15) is 11.8 Å². The third-order valence-electron chi connectivity index (χ3n) is 2.70. The maximum atomic E-state index is 5.66. The van der Waals surface area contributed by atoms with Gasteiger partial charge in [0.1, 0.15) is 0 Å². The van der Waals surface area contributed by atoms with Gasteiger partial charge in [0.2, 0.25) is 0 Å². The predicted molar refractivity (Wildman–Crippen MR) is 71.7 cm³/mol. The first-order chi connectivity index (χ1) is 7.15. The second-order valence-electron chi connectivity index (χ2n) is 3.83. The van der Waals surface area contributed by atoms with Gasteiger partial charge in [-0.25, -0.2) is 0 Å². The van der Waals surface area contributed by atoms with Crippen molar-refractivity contribution >= 4 is 23.1 Å². The summed E-state index contributed by atoms with van der Waals surface area (Å²) in [6.45, 7) is 2.26. The van der Waals surface area contributed by atoms with Gasteiger partial charge < -0.3 is 10.6 Å². The summed E-state index contributed by atoms with van der Waals surface area (Å²) in [4.78, 5) is 2.30. The van der Waals surface area contributed by atoms with Crippen LogP contribution in [0.5, 0.6) is 0 Å². The van der Waals surface area contributed by atoms with Crippen LogP contribution in [0.1, 0.15) is 13.3 Å². The summed E-state index contributed by atoms with van der Waals surface area (Å²) in [7, 11) is 2.14. The van der Waals surface area contributed by atoms with Gasteiger partial charge in [0.05, 0.1) is 0 Å². The molecule has 0 saturated carbocycles. The monoisotopic (exact) mass is 224 g/mol. The van der Waals surface area contributed by atoms with Crippen LogP contribution >= 0.6 is 11.8 Å². The molecule has 1 rings (SSSR count). The van der Waals surface area contributed by atoms with E-state index in [4.69, 9.17) is 5.73 Å². The molecule has 0 saturated heterocycles. The minimum Gasteiger partial charge on any atom is -0.399 e. The predicted octanol–water partition coefficient (Wildman–Crippen LogP) is 2.85. The Hall–Kier alpha value is -0.830. The smallest absolute Gasteiger partial charge is 0.0367 e. The fourth-order valence-electron chi connectivity index (χ4n) is 1.45. The lowest BCUT2D eigenvalue weighted by Gasteiger charge is -2.27. The van der Waals surface area contributed by atoms with Crippen LogP contribution in [0.2, 0.25) is 0 Å². The molecule has 2 nitrogen and oxygen atoms in total. The molecule has 2 N–H and O–H groups in total. The highest BCUT2D eigenvalue weighted by molar-refractivity contribution is 7.98. The maximum absolute atomic E-state index is 5.66. The van der Waals surface area contributed by atoms with E-state index >= 15 is 0 Å². The average Bonchev–Trinajstić information content (AvgIpc) is 2.26. The summed E-state index contributed by atoms with van der Waals surface area (Å²) < 4.78 is 0. The Morgan fingerprint density at radius 2 is 1.93 bits per heavy atom. The van der Waals surface area contributed by atoms with Gasteiger partial charge in [-0.1, -0.05) is 0 Å². The van der Waals surface area contributed by atoms with Crippen LogP contribution < -0.4 is 10.6 Å². The van der Waals surface area contributed by atoms with E-state index in [9.17, 15) is 0 Å². The van der Waals surface area contributed by atoms with Crippen molar-refractivity contribution in [3.63, 3.8) is 0 Å². The van der Waals surface area contributed by atoms with Gasteiger partial charge in [-0.15, -0.1) is 0 Å². The zero-order valence-electron chi connectivity index (χ0n) is 9.73. The number of thioether (sulfide) groups is 1. The molecular weight excluding hydrogens is 204 g/mol. The van der Waals surface area contributed by atoms with E-state index < -0.39 is 0 Å². The minimum atomic E-state index is 0.570. The van der Waals surface area contributed by atoms with Crippen molar-refractivity contribution in [3.05, 3.63) is 24.3 Å². The zero-order chi connectivity index (χ0) is 11.3. The van der Waals surface area contributed by atoms with E-state index in [1.807, 2.05) is 23.9 Å². The summed E-state index contributed by atoms with van der Waals surface area (Å²) in [6, 6.07) is 8.62. The first-order valence-corrected chi connectivity index (χ1v) is 6.62. The number of nitrogen functional groups attached to an aromatic ring is 1. The first-order valence-electron chi connectivity index (χ1n) is 5.22. The molecule has 1 aromatic rings. The molecular formula is C12H20N2S. The molecule has 84 valence electrons. The van der Waals surface area contributed by atoms with Crippen molar-refractivity contribution < 1.29 is 0 Å². The molecule has 1 unspecified atom stereocenters. The molecule has 0 radical (unpaired) electrons. The van der Waals surface area contributed by atoms with Gasteiger partial charge in [-0.3, -0.25) is 0 Å². The third kappa shape index (κ3) is 3.67. The lowest BCUT2D eigenvalue weighted by Crippen LogP contribution is -2.29. The highest BCUT2D eigenvalue weighted by atomic mass is 32.2. The SMILES string of the molecule is CSCCC(C)N(C)c1ccc(N)cc1. The van der Waals surface area contributed by atoms with Crippen molar-refractivity contribution in [2.24, 2.45) is 0 Å². The van der Waals surface area contributed by atoms with Crippen LogP contribution in [-0.2, 0) is 0 Å². The molecule has 0 aliphatic carbocycles. The van der Waals surface area contributed by atoms with Crippen LogP contribution in [-0.4, -0.2) is 25.1 Å². The highest BCUT2D eigenvalue weighted by Crippen LogP contribution is 2.18. The second-order valence-corrected chi connectivity index (χ2v) is 4.82. The van der Waals surface area contributed by atoms with E-state index in [1.54, 1.807) is 0 Å². The highest BCUT2D eigenvalue weighted by Gasteiger charge is 2.08. The number of benzene rings is 1. The van der Waals surface area contributed by atoms with Crippen molar-refractivity contribution in [1.29, 1.82) is 0 Å². The van der Waals surface area contributed by atoms with E-state index in [2.05, 4.69) is 37.3 Å². The van der Waals surface area contributed by atoms with E-state index in [0.29, 0.717) is 6.04 Å². The normalized spacial score (nSPS) is 12.5. The lowest BCUT2D eigenvalue weighted by molar-refractivity contribution is 0.669. The molecule has 0 aliphatic heterocycles. The van der Waals surface area contributed by atoms with Crippen LogP contribution in [0.4, 0.5) is 11.4 Å². The molecule has 3 heteroatoms. The fraction of sp³-hybridized carbons (Fsp3) is 0.500. The second kappa shape index (κ2) is 5.91. The maximum Gasteiger partial charge on any atom is 0.0367 e. The fourth-order valence-corrected chi connectivity index (χ4v) is 2.02. The first kappa shape index (κ1) is 12.2. The molecule has 0 aromatic heterocycles. The van der Waals surface area contributed by atoms with Crippen molar-refractivity contribution in [1.82, 2.24) is 0 Å². The summed E-state index contributed by atoms with van der Waals surface area (Å²) in [5, 5.41) is 0. The van der Waals surface area contributed by atoms with Crippen molar-refractivity contribution in [3.8, 4) is 0 Å². The summed E-state index contributed by atoms with van der Waals surface area (Å²) in [6.07, 6.45) is 3.36. The lowest BCUT2D eigenvalue weighted by atomic mass is 10.2. The van der Waals surface area contributed by atoms with E-state index in [0.717, 1.165) is 5.69 Å². The Bertz CT molecular complexity index is 284. The number of nitrogens with zero attached hydrogens (tertiary/aromatic N) is 1. The number of anilines is 2. The molecule has 0 spiro atoms. The summed E-state index contributed by atoms with van der Waals surface area (Å²) in [5.41, 5.74) is 7.72. The largest absolute Gasteiger partial charge is 0.399 e. The molecule has 0 amide bonds. The van der Waals surface area contributed by atoms with Crippen LogP contribution in [0.15, 0.2) is 24.3 Å². The number of rotatable bonds is 5. The summed E-state index contributed by atoms with van der Waals surface area (Å²) in [5.74, 6) is 1.21. The Morgan fingerprint density at radius 1 is 1.33 bits per heavy atom. The molecule has 1 atom stereocenters. The van der Waals surface area contributed by atoms with E-state index in [1.165, 1.54) is 17.9 Å². The third-order valence-corrected chi connectivity index (χ3v) is 3.35. The Kier molecular flexibility index (Phi) is 4.82. The average molecular weight is 224 g/mol. The zero-order valence-corrected chi connectivity index (χ0v) is 10.6. The van der Waals surface area contributed by atoms with Gasteiger partial charge in [0.15, 0.2) is 0 Å². The van der Waals surface area contributed by atoms with Gasteiger partial charge in [0.25, 0.3) is 0 Å². The standard InChI is InChI=1S/C12H20N2S/c1-10(8-9-15-3)14(2)12-6-4-11(13)5-7-12/h4-7,10H,8-9,13H2,1-3H3. The van der Waals surface area contributed by atoms with Gasteiger partial charge >= 0.3 is 0 Å². The quantitative estimate of drug-likeness (QED) is 0.780. The Balaban J connectivity index is 2.59. The molecule has 0 aliphatic rings. The van der Waals surface area contributed by atoms with Crippen molar-refractivity contribution in [2.45, 2.75) is 19.4 Å². The molecule has 1 aromatic carbocycles. The van der Waals surface area contributed by atoms with Crippen molar-refractivity contribution in [2.75, 3.05) is 29.7 Å². The Labute approximate surface area is 96.8 Å². The van der Waals surface area contributed by atoms with Crippen LogP contribution in [0, 0.1) is 0 Å². The van der Waals surface area contributed by atoms with Gasteiger partial charge in [-0.05, 0) is 49.6 Å². The van der Waals surface area contributed by atoms with Gasteiger partial charge in [0, 0.05) is 24.5 Å². The summed E-state index contributed by atoms with van der Waals surface area (Å²) >= 11 is 1.90. The number of hydrogen-bond donors (Lipinski definition) is 1. The van der Waals surface area contributed by atoms with Crippen LogP contribution in [0.25, 0.3) is 0 Å². The topological polar surface area (TPSA) is 29.3 Å². The van der Waals surface area contributed by atoms with Crippen LogP contribution in [0.3, 0.4) is 0 Å². The number of hydrogen-bond acceptors (Lipinski definition) is 3. The Morgan fingerprint density at radius 3 is 2.47 bits per heavy atom. The molecule has 0 heterocycles. The number of nitrogens with two attached hydrogens (primary N) is 1. The van der Waals surface area contributed by atoms with E-state index in [-0.39, 0.29) is 0 Å². The minimum absolute atomic E-state index is 0.570. The molecule has 0 bridgehead atoms. The molecule has 0 fully saturated rings.